The van der Waals surface area contributed by atoms with Crippen LogP contribution in [0.4, 0.5) is 0 Å². The van der Waals surface area contributed by atoms with E-state index in [1.807, 2.05) is 0 Å². The Labute approximate surface area is 58.0 Å². The summed E-state index contributed by atoms with van der Waals surface area (Å²) in [5, 5.41) is 0. The molecule has 0 aromatic carbocycles. The molecule has 0 aromatic heterocycles. The average molecular weight is 127 g/mol. The molecule has 1 unspecified atom stereocenters. The molecule has 9 heavy (non-hydrogen) atoms. The zero-order valence-electron chi connectivity index (χ0n) is 6.72. The molecule has 1 fully saturated rings. The summed E-state index contributed by atoms with van der Waals surface area (Å²) in [5.74, 6) is 0.931. The van der Waals surface area contributed by atoms with E-state index in [-0.39, 0.29) is 0 Å². The molecule has 0 amide bonds. The SMILES string of the molecule is CC1CCC[C@@H]1N(C)C. The first-order valence-corrected chi connectivity index (χ1v) is 3.88. The van der Waals surface area contributed by atoms with E-state index in [0.717, 1.165) is 12.0 Å². The van der Waals surface area contributed by atoms with Crippen LogP contribution < -0.4 is 0 Å². The Morgan fingerprint density at radius 1 is 1.22 bits per heavy atom. The molecule has 1 aliphatic rings. The van der Waals surface area contributed by atoms with Crippen LogP contribution in [0.2, 0.25) is 0 Å². The van der Waals surface area contributed by atoms with Gasteiger partial charge in [0, 0.05) is 6.04 Å². The van der Waals surface area contributed by atoms with Gasteiger partial charge in [-0.25, -0.2) is 0 Å². The van der Waals surface area contributed by atoms with E-state index in [1.165, 1.54) is 19.3 Å². The van der Waals surface area contributed by atoms with Crippen LogP contribution in [0, 0.1) is 5.92 Å². The zero-order chi connectivity index (χ0) is 6.85. The third-order valence-corrected chi connectivity index (χ3v) is 2.48. The predicted octanol–water partition coefficient (Wildman–Crippen LogP) is 1.74. The summed E-state index contributed by atoms with van der Waals surface area (Å²) < 4.78 is 0. The Balaban J connectivity index is 2.40. The van der Waals surface area contributed by atoms with Gasteiger partial charge >= 0.3 is 0 Å². The predicted molar refractivity (Wildman–Crippen MR) is 40.5 cm³/mol. The highest BCUT2D eigenvalue weighted by atomic mass is 15.1. The first-order chi connectivity index (χ1) is 4.22. The van der Waals surface area contributed by atoms with Crippen molar-refractivity contribution in [3.05, 3.63) is 0 Å². The van der Waals surface area contributed by atoms with E-state index < -0.39 is 0 Å². The summed E-state index contributed by atoms with van der Waals surface area (Å²) in [7, 11) is 4.37. The third-order valence-electron chi connectivity index (χ3n) is 2.48. The molecule has 1 heteroatoms. The van der Waals surface area contributed by atoms with Crippen molar-refractivity contribution in [2.24, 2.45) is 5.92 Å². The van der Waals surface area contributed by atoms with E-state index in [9.17, 15) is 0 Å². The van der Waals surface area contributed by atoms with Gasteiger partial charge in [-0.3, -0.25) is 0 Å². The average Bonchev–Trinajstić information content (AvgIpc) is 2.13. The summed E-state index contributed by atoms with van der Waals surface area (Å²) in [5.41, 5.74) is 0. The normalized spacial score (nSPS) is 36.0. The third kappa shape index (κ3) is 1.45. The maximum Gasteiger partial charge on any atom is 0.0115 e. The number of rotatable bonds is 1. The molecule has 1 rings (SSSR count). The second kappa shape index (κ2) is 2.70. The van der Waals surface area contributed by atoms with Gasteiger partial charge in [-0.05, 0) is 32.9 Å². The lowest BCUT2D eigenvalue weighted by Gasteiger charge is -2.22. The Hall–Kier alpha value is -0.0400. The molecule has 1 saturated carbocycles. The number of hydrogen-bond donors (Lipinski definition) is 0. The maximum absolute atomic E-state index is 2.36. The standard InChI is InChI=1S/C8H17N/c1-7-5-4-6-8(7)9(2)3/h7-8H,4-6H2,1-3H3/t7?,8-/m0/s1. The molecule has 1 aliphatic carbocycles. The van der Waals surface area contributed by atoms with Crippen molar-refractivity contribution in [3.63, 3.8) is 0 Å². The van der Waals surface area contributed by atoms with E-state index in [4.69, 9.17) is 0 Å². The van der Waals surface area contributed by atoms with Crippen LogP contribution >= 0.6 is 0 Å². The highest BCUT2D eigenvalue weighted by molar-refractivity contribution is 4.79. The molecule has 0 aliphatic heterocycles. The number of hydrogen-bond acceptors (Lipinski definition) is 1. The van der Waals surface area contributed by atoms with Crippen molar-refractivity contribution in [2.45, 2.75) is 32.2 Å². The minimum absolute atomic E-state index is 0.866. The van der Waals surface area contributed by atoms with Gasteiger partial charge in [-0.1, -0.05) is 13.3 Å². The van der Waals surface area contributed by atoms with Crippen molar-refractivity contribution < 1.29 is 0 Å². The second-order valence-electron chi connectivity index (χ2n) is 3.44. The van der Waals surface area contributed by atoms with Gasteiger partial charge in [0.25, 0.3) is 0 Å². The van der Waals surface area contributed by atoms with E-state index in [0.29, 0.717) is 0 Å². The fourth-order valence-electron chi connectivity index (χ4n) is 1.89. The van der Waals surface area contributed by atoms with Gasteiger partial charge in [0.1, 0.15) is 0 Å². The Bertz CT molecular complexity index is 88.6. The quantitative estimate of drug-likeness (QED) is 0.518. The van der Waals surface area contributed by atoms with Crippen LogP contribution in [0.1, 0.15) is 26.2 Å². The highest BCUT2D eigenvalue weighted by Gasteiger charge is 2.24. The van der Waals surface area contributed by atoms with Gasteiger partial charge in [-0.15, -0.1) is 0 Å². The van der Waals surface area contributed by atoms with Gasteiger partial charge in [0.15, 0.2) is 0 Å². The van der Waals surface area contributed by atoms with Crippen molar-refractivity contribution >= 4 is 0 Å². The topological polar surface area (TPSA) is 3.24 Å². The molecular formula is C8H17N. The zero-order valence-corrected chi connectivity index (χ0v) is 6.72. The molecule has 0 heterocycles. The summed E-state index contributed by atoms with van der Waals surface area (Å²) >= 11 is 0. The number of nitrogens with zero attached hydrogens (tertiary/aromatic N) is 1. The highest BCUT2D eigenvalue weighted by Crippen LogP contribution is 2.27. The first-order valence-electron chi connectivity index (χ1n) is 3.88. The molecule has 1 nitrogen and oxygen atoms in total. The van der Waals surface area contributed by atoms with Gasteiger partial charge < -0.3 is 4.90 Å². The van der Waals surface area contributed by atoms with Crippen LogP contribution in [0.3, 0.4) is 0 Å². The lowest BCUT2D eigenvalue weighted by Crippen LogP contribution is -2.29. The Kier molecular flexibility index (Phi) is 2.12. The molecule has 0 aromatic rings. The Morgan fingerprint density at radius 2 is 1.89 bits per heavy atom. The lowest BCUT2D eigenvalue weighted by molar-refractivity contribution is 0.249. The van der Waals surface area contributed by atoms with Gasteiger partial charge in [0.05, 0.1) is 0 Å². The van der Waals surface area contributed by atoms with Crippen molar-refractivity contribution in [1.82, 2.24) is 4.90 Å². The van der Waals surface area contributed by atoms with Crippen molar-refractivity contribution in [2.75, 3.05) is 14.1 Å². The van der Waals surface area contributed by atoms with Crippen molar-refractivity contribution in [3.8, 4) is 0 Å². The molecule has 0 bridgehead atoms. The molecule has 2 atom stereocenters. The Morgan fingerprint density at radius 3 is 2.11 bits per heavy atom. The molecule has 0 saturated heterocycles. The fraction of sp³-hybridized carbons (Fsp3) is 1.00. The summed E-state index contributed by atoms with van der Waals surface area (Å²) in [6.45, 7) is 2.36. The van der Waals surface area contributed by atoms with Crippen LogP contribution in [0.15, 0.2) is 0 Å². The van der Waals surface area contributed by atoms with Crippen LogP contribution in [0.5, 0.6) is 0 Å². The lowest BCUT2D eigenvalue weighted by atomic mass is 10.1. The molecule has 54 valence electrons. The molecule has 0 radical (unpaired) electrons. The van der Waals surface area contributed by atoms with E-state index >= 15 is 0 Å². The maximum atomic E-state index is 2.36. The second-order valence-corrected chi connectivity index (χ2v) is 3.44. The molecular weight excluding hydrogens is 110 g/mol. The van der Waals surface area contributed by atoms with Crippen LogP contribution in [-0.4, -0.2) is 25.0 Å². The summed E-state index contributed by atoms with van der Waals surface area (Å²) in [4.78, 5) is 2.36. The minimum Gasteiger partial charge on any atom is -0.306 e. The first kappa shape index (κ1) is 7.07. The minimum atomic E-state index is 0.866. The summed E-state index contributed by atoms with van der Waals surface area (Å²) in [6, 6.07) is 0.866. The summed E-state index contributed by atoms with van der Waals surface area (Å²) in [6.07, 6.45) is 4.28. The smallest absolute Gasteiger partial charge is 0.0115 e. The van der Waals surface area contributed by atoms with Gasteiger partial charge in [0.2, 0.25) is 0 Å². The van der Waals surface area contributed by atoms with Crippen LogP contribution in [-0.2, 0) is 0 Å². The monoisotopic (exact) mass is 127 g/mol. The van der Waals surface area contributed by atoms with E-state index in [2.05, 4.69) is 25.9 Å². The van der Waals surface area contributed by atoms with E-state index in [1.54, 1.807) is 0 Å². The van der Waals surface area contributed by atoms with Crippen molar-refractivity contribution in [1.29, 1.82) is 0 Å². The van der Waals surface area contributed by atoms with Crippen LogP contribution in [0.25, 0.3) is 0 Å². The fourth-order valence-corrected chi connectivity index (χ4v) is 1.89. The molecule has 0 N–H and O–H groups in total. The molecule has 0 spiro atoms. The van der Waals surface area contributed by atoms with Gasteiger partial charge in [-0.2, -0.15) is 0 Å². The largest absolute Gasteiger partial charge is 0.306 e.